The van der Waals surface area contributed by atoms with Crippen molar-refractivity contribution in [2.75, 3.05) is 6.61 Å². The van der Waals surface area contributed by atoms with Gasteiger partial charge in [-0.2, -0.15) is 6.42 Å². The van der Waals surface area contributed by atoms with Crippen molar-refractivity contribution in [2.45, 2.75) is 12.8 Å². The summed E-state index contributed by atoms with van der Waals surface area (Å²) in [4.78, 5) is 0. The quantitative estimate of drug-likeness (QED) is 0.386. The average Bonchev–Trinajstić information content (AvgIpc) is 1.76. The fourth-order valence-corrected chi connectivity index (χ4v) is 0.417. The number of rotatable bonds is 0. The molecule has 0 unspecified atom stereocenters. The summed E-state index contributed by atoms with van der Waals surface area (Å²) in [6.07, 6.45) is 2.38. The molecule has 0 saturated carbocycles. The number of hydrogen-bond donors (Lipinski definition) is 0. The molecule has 1 heterocycles. The Morgan fingerprint density at radius 1 is 1.60 bits per heavy atom. The largest absolute Gasteiger partial charge is 0.552 e. The van der Waals surface area contributed by atoms with Gasteiger partial charge in [0.25, 0.3) is 0 Å². The number of ether oxygens (including phenoxy) is 1. The minimum Gasteiger partial charge on any atom is -0.552 e. The van der Waals surface area contributed by atoms with Crippen LogP contribution in [0.15, 0.2) is 0 Å². The van der Waals surface area contributed by atoms with E-state index in [1.165, 1.54) is 6.42 Å². The van der Waals surface area contributed by atoms with Gasteiger partial charge in [-0.3, -0.25) is 0 Å². The fraction of sp³-hybridized carbons (Fsp3) is 0.750. The smallest absolute Gasteiger partial charge is 0.00878 e. The van der Waals surface area contributed by atoms with Gasteiger partial charge in [0.15, 0.2) is 0 Å². The average molecular weight is 71.1 g/mol. The summed E-state index contributed by atoms with van der Waals surface area (Å²) < 4.78 is 4.82. The van der Waals surface area contributed by atoms with Crippen molar-refractivity contribution in [3.8, 4) is 0 Å². The number of hydrogen-bond acceptors (Lipinski definition) is 1. The maximum absolute atomic E-state index is 4.82. The van der Waals surface area contributed by atoms with E-state index in [1.807, 2.05) is 6.61 Å². The van der Waals surface area contributed by atoms with E-state index in [0.29, 0.717) is 0 Å². The van der Waals surface area contributed by atoms with Crippen molar-refractivity contribution in [3.05, 3.63) is 6.61 Å². The lowest BCUT2D eigenvalue weighted by Crippen LogP contribution is -1.69. The third kappa shape index (κ3) is 0.618. The van der Waals surface area contributed by atoms with Gasteiger partial charge in [-0.25, -0.2) is 6.61 Å². The molecule has 0 bridgehead atoms. The molecule has 0 aromatic carbocycles. The molecule has 0 amide bonds. The van der Waals surface area contributed by atoms with Crippen LogP contribution in [0.2, 0.25) is 0 Å². The topological polar surface area (TPSA) is 9.23 Å². The fourth-order valence-electron chi connectivity index (χ4n) is 0.417. The van der Waals surface area contributed by atoms with Gasteiger partial charge in [-0.15, -0.1) is 0 Å². The van der Waals surface area contributed by atoms with E-state index in [9.17, 15) is 0 Å². The molecule has 30 valence electrons. The van der Waals surface area contributed by atoms with E-state index in [1.54, 1.807) is 0 Å². The van der Waals surface area contributed by atoms with Gasteiger partial charge in [0.2, 0.25) is 0 Å². The van der Waals surface area contributed by atoms with Crippen LogP contribution in [0.4, 0.5) is 0 Å². The first-order chi connectivity index (χ1) is 2.50. The first-order valence-electron chi connectivity index (χ1n) is 1.93. The van der Waals surface area contributed by atoms with Crippen LogP contribution in [0.3, 0.4) is 0 Å². The van der Waals surface area contributed by atoms with Gasteiger partial charge in [0, 0.05) is 6.61 Å². The van der Waals surface area contributed by atoms with Crippen LogP contribution in [0, 0.1) is 6.61 Å². The molecule has 1 saturated heterocycles. The Morgan fingerprint density at radius 2 is 2.60 bits per heavy atom. The lowest BCUT2D eigenvalue weighted by atomic mass is 10.4. The summed E-state index contributed by atoms with van der Waals surface area (Å²) in [6, 6.07) is 0. The highest BCUT2D eigenvalue weighted by molar-refractivity contribution is 4.57. The van der Waals surface area contributed by atoms with Crippen LogP contribution in [-0.4, -0.2) is 6.61 Å². The molecule has 1 heteroatoms. The Balaban J connectivity index is 2.08. The molecule has 5 heavy (non-hydrogen) atoms. The molecule has 1 fully saturated rings. The van der Waals surface area contributed by atoms with Gasteiger partial charge < -0.3 is 4.74 Å². The van der Waals surface area contributed by atoms with Crippen LogP contribution in [-0.2, 0) is 4.74 Å². The second-order valence-corrected chi connectivity index (χ2v) is 1.18. The Hall–Kier alpha value is -0.0400. The molecule has 1 nitrogen and oxygen atoms in total. The van der Waals surface area contributed by atoms with Gasteiger partial charge in [0.05, 0.1) is 0 Å². The Bertz CT molecular complexity index is 15.2. The summed E-state index contributed by atoms with van der Waals surface area (Å²) in [5.41, 5.74) is 0. The molecule has 1 aliphatic heterocycles. The van der Waals surface area contributed by atoms with E-state index in [0.717, 1.165) is 13.0 Å². The zero-order valence-electron chi connectivity index (χ0n) is 3.11. The molecular formula is C4H7O-. The van der Waals surface area contributed by atoms with Crippen molar-refractivity contribution in [3.63, 3.8) is 0 Å². The van der Waals surface area contributed by atoms with Crippen LogP contribution in [0.5, 0.6) is 0 Å². The lowest BCUT2D eigenvalue weighted by molar-refractivity contribution is 0.254. The minimum atomic E-state index is 0.944. The second-order valence-electron chi connectivity index (χ2n) is 1.18. The van der Waals surface area contributed by atoms with Crippen molar-refractivity contribution in [2.24, 2.45) is 0 Å². The summed E-state index contributed by atoms with van der Waals surface area (Å²) in [6.45, 7) is 2.81. The van der Waals surface area contributed by atoms with Crippen LogP contribution in [0.25, 0.3) is 0 Å². The molecule has 0 aromatic heterocycles. The predicted octanol–water partition coefficient (Wildman–Crippen LogP) is 0.959. The maximum Gasteiger partial charge on any atom is 0.00878 e. The van der Waals surface area contributed by atoms with Crippen LogP contribution < -0.4 is 0 Å². The molecular weight excluding hydrogens is 64.0 g/mol. The Morgan fingerprint density at radius 3 is 2.80 bits per heavy atom. The molecule has 0 aliphatic carbocycles. The van der Waals surface area contributed by atoms with Crippen molar-refractivity contribution < 1.29 is 4.74 Å². The maximum atomic E-state index is 4.82. The Labute approximate surface area is 31.9 Å². The summed E-state index contributed by atoms with van der Waals surface area (Å²) in [7, 11) is 0. The van der Waals surface area contributed by atoms with Gasteiger partial charge in [-0.05, 0) is 0 Å². The normalized spacial score (nSPS) is 24.0. The lowest BCUT2D eigenvalue weighted by Gasteiger charge is -1.93. The molecule has 0 aromatic rings. The molecule has 1 aliphatic rings. The summed E-state index contributed by atoms with van der Waals surface area (Å²) in [5, 5.41) is 0. The highest BCUT2D eigenvalue weighted by Gasteiger charge is 1.83. The predicted molar refractivity (Wildman–Crippen MR) is 19.5 cm³/mol. The van der Waals surface area contributed by atoms with Gasteiger partial charge >= 0.3 is 0 Å². The summed E-state index contributed by atoms with van der Waals surface area (Å²) in [5.74, 6) is 0. The standard InChI is InChI=1S/C4H7O/c1-2-4-5-3-1/h3H,1-2,4H2/q-1. The Kier molecular flexibility index (Phi) is 0.892. The summed E-state index contributed by atoms with van der Waals surface area (Å²) >= 11 is 0. The van der Waals surface area contributed by atoms with Crippen molar-refractivity contribution in [1.29, 1.82) is 0 Å². The third-order valence-corrected chi connectivity index (χ3v) is 0.702. The van der Waals surface area contributed by atoms with Gasteiger partial charge in [-0.1, -0.05) is 6.42 Å². The van der Waals surface area contributed by atoms with E-state index < -0.39 is 0 Å². The van der Waals surface area contributed by atoms with E-state index in [2.05, 4.69) is 0 Å². The second kappa shape index (κ2) is 1.41. The SMILES string of the molecule is [CH-]1CCCO1. The van der Waals surface area contributed by atoms with E-state index >= 15 is 0 Å². The first kappa shape index (κ1) is 3.16. The van der Waals surface area contributed by atoms with Crippen molar-refractivity contribution in [1.82, 2.24) is 0 Å². The third-order valence-electron chi connectivity index (χ3n) is 0.702. The zero-order valence-corrected chi connectivity index (χ0v) is 3.11. The zero-order chi connectivity index (χ0) is 3.54. The first-order valence-corrected chi connectivity index (χ1v) is 1.93. The van der Waals surface area contributed by atoms with Crippen LogP contribution >= 0.6 is 0 Å². The monoisotopic (exact) mass is 71.1 g/mol. The highest BCUT2D eigenvalue weighted by Crippen LogP contribution is 2.03. The van der Waals surface area contributed by atoms with E-state index in [-0.39, 0.29) is 0 Å². The molecule has 0 spiro atoms. The minimum absolute atomic E-state index is 0.944. The van der Waals surface area contributed by atoms with Gasteiger partial charge in [0.1, 0.15) is 0 Å². The molecule has 0 atom stereocenters. The van der Waals surface area contributed by atoms with Crippen molar-refractivity contribution >= 4 is 0 Å². The van der Waals surface area contributed by atoms with Crippen LogP contribution in [0.1, 0.15) is 12.8 Å². The highest BCUT2D eigenvalue weighted by atomic mass is 16.5. The molecule has 0 N–H and O–H groups in total. The van der Waals surface area contributed by atoms with E-state index in [4.69, 9.17) is 4.74 Å². The molecule has 0 radical (unpaired) electrons. The molecule has 1 rings (SSSR count).